The molecule has 0 amide bonds. The van der Waals surface area contributed by atoms with Crippen LogP contribution in [0.5, 0.6) is 0 Å². The third kappa shape index (κ3) is 4.09. The molecule has 1 aromatic heterocycles. The molecule has 20 heavy (non-hydrogen) atoms. The maximum atomic E-state index is 4.43. The van der Waals surface area contributed by atoms with Crippen molar-refractivity contribution in [1.29, 1.82) is 0 Å². The van der Waals surface area contributed by atoms with Gasteiger partial charge in [-0.25, -0.2) is 4.98 Å². The zero-order valence-corrected chi connectivity index (χ0v) is 12.0. The van der Waals surface area contributed by atoms with Crippen LogP contribution in [0.1, 0.15) is 16.8 Å². The summed E-state index contributed by atoms with van der Waals surface area (Å²) in [5, 5.41) is 6.43. The van der Waals surface area contributed by atoms with Gasteiger partial charge in [0, 0.05) is 24.8 Å². The lowest BCUT2D eigenvalue weighted by molar-refractivity contribution is 1.04. The zero-order chi connectivity index (χ0) is 14.4. The highest BCUT2D eigenvalue weighted by Crippen LogP contribution is 2.12. The van der Waals surface area contributed by atoms with E-state index in [-0.39, 0.29) is 0 Å². The minimum atomic E-state index is 0.622. The molecule has 2 aromatic rings. The minimum Gasteiger partial charge on any atom is -0.366 e. The molecular formula is C16H20N4. The van der Waals surface area contributed by atoms with Crippen molar-refractivity contribution in [2.45, 2.75) is 20.4 Å². The standard InChI is InChI=1S/C16H20N4/c1-4-8-17-16-19-13(3)10-15(20-16)18-11-14-7-5-6-12(2)9-14/h4-7,9-10H,1,8,11H2,2-3H3,(H2,17,18,19,20). The molecule has 4 heteroatoms. The first-order chi connectivity index (χ1) is 9.67. The molecule has 2 rings (SSSR count). The lowest BCUT2D eigenvalue weighted by Gasteiger charge is -2.09. The van der Waals surface area contributed by atoms with E-state index in [1.165, 1.54) is 11.1 Å². The lowest BCUT2D eigenvalue weighted by atomic mass is 10.1. The summed E-state index contributed by atoms with van der Waals surface area (Å²) in [6.07, 6.45) is 1.78. The third-order valence-corrected chi connectivity index (χ3v) is 2.81. The monoisotopic (exact) mass is 268 g/mol. The Kier molecular flexibility index (Phi) is 4.71. The summed E-state index contributed by atoms with van der Waals surface area (Å²) in [5.41, 5.74) is 3.43. The Labute approximate surface area is 120 Å². The van der Waals surface area contributed by atoms with Gasteiger partial charge in [-0.3, -0.25) is 0 Å². The number of nitrogens with one attached hydrogen (secondary N) is 2. The molecular weight excluding hydrogens is 248 g/mol. The summed E-state index contributed by atoms with van der Waals surface area (Å²) in [6.45, 7) is 9.12. The van der Waals surface area contributed by atoms with Gasteiger partial charge in [0.1, 0.15) is 5.82 Å². The van der Waals surface area contributed by atoms with Gasteiger partial charge in [0.2, 0.25) is 5.95 Å². The molecule has 0 radical (unpaired) electrons. The maximum Gasteiger partial charge on any atom is 0.225 e. The van der Waals surface area contributed by atoms with Gasteiger partial charge in [-0.1, -0.05) is 35.9 Å². The number of benzene rings is 1. The Bertz CT molecular complexity index is 593. The van der Waals surface area contributed by atoms with E-state index >= 15 is 0 Å². The van der Waals surface area contributed by atoms with Gasteiger partial charge in [-0.15, -0.1) is 6.58 Å². The van der Waals surface area contributed by atoms with Crippen LogP contribution >= 0.6 is 0 Å². The highest BCUT2D eigenvalue weighted by atomic mass is 15.1. The first kappa shape index (κ1) is 14.1. The largest absolute Gasteiger partial charge is 0.366 e. The van der Waals surface area contributed by atoms with Crippen LogP contribution in [0.4, 0.5) is 11.8 Å². The maximum absolute atomic E-state index is 4.43. The second kappa shape index (κ2) is 6.70. The van der Waals surface area contributed by atoms with Crippen LogP contribution in [0.2, 0.25) is 0 Å². The number of rotatable bonds is 6. The molecule has 0 bridgehead atoms. The molecule has 0 saturated carbocycles. The quantitative estimate of drug-likeness (QED) is 0.789. The molecule has 0 aliphatic rings. The van der Waals surface area contributed by atoms with Crippen molar-refractivity contribution >= 4 is 11.8 Å². The summed E-state index contributed by atoms with van der Waals surface area (Å²) in [5.74, 6) is 1.45. The van der Waals surface area contributed by atoms with E-state index in [4.69, 9.17) is 0 Å². The van der Waals surface area contributed by atoms with Crippen LogP contribution in [0.3, 0.4) is 0 Å². The van der Waals surface area contributed by atoms with E-state index in [0.717, 1.165) is 18.1 Å². The first-order valence-electron chi connectivity index (χ1n) is 6.67. The van der Waals surface area contributed by atoms with Gasteiger partial charge >= 0.3 is 0 Å². The number of nitrogens with zero attached hydrogens (tertiary/aromatic N) is 2. The molecule has 1 heterocycles. The zero-order valence-electron chi connectivity index (χ0n) is 12.0. The summed E-state index contributed by atoms with van der Waals surface area (Å²) in [7, 11) is 0. The Hall–Kier alpha value is -2.36. The highest BCUT2D eigenvalue weighted by molar-refractivity contribution is 5.43. The predicted molar refractivity (Wildman–Crippen MR) is 84.0 cm³/mol. The number of hydrogen-bond donors (Lipinski definition) is 2. The fourth-order valence-corrected chi connectivity index (χ4v) is 1.92. The van der Waals surface area contributed by atoms with Crippen molar-refractivity contribution in [3.8, 4) is 0 Å². The SMILES string of the molecule is C=CCNc1nc(C)cc(NCc2cccc(C)c2)n1. The number of anilines is 2. The van der Waals surface area contributed by atoms with E-state index in [0.29, 0.717) is 12.5 Å². The van der Waals surface area contributed by atoms with E-state index in [1.807, 2.05) is 13.0 Å². The fourth-order valence-electron chi connectivity index (χ4n) is 1.92. The van der Waals surface area contributed by atoms with E-state index in [9.17, 15) is 0 Å². The molecule has 0 fully saturated rings. The van der Waals surface area contributed by atoms with E-state index < -0.39 is 0 Å². The summed E-state index contributed by atoms with van der Waals surface area (Å²) in [4.78, 5) is 8.76. The number of hydrogen-bond acceptors (Lipinski definition) is 4. The van der Waals surface area contributed by atoms with Crippen molar-refractivity contribution in [1.82, 2.24) is 9.97 Å². The fraction of sp³-hybridized carbons (Fsp3) is 0.250. The number of aromatic nitrogens is 2. The Morgan fingerprint density at radius 1 is 1.15 bits per heavy atom. The van der Waals surface area contributed by atoms with Crippen molar-refractivity contribution in [3.05, 3.63) is 59.8 Å². The lowest BCUT2D eigenvalue weighted by Crippen LogP contribution is -2.08. The molecule has 0 unspecified atom stereocenters. The Balaban J connectivity index is 2.05. The Morgan fingerprint density at radius 2 is 2.00 bits per heavy atom. The first-order valence-corrected chi connectivity index (χ1v) is 6.67. The summed E-state index contributed by atoms with van der Waals surface area (Å²) in [6, 6.07) is 10.4. The van der Waals surface area contributed by atoms with Crippen LogP contribution in [-0.2, 0) is 6.54 Å². The summed E-state index contributed by atoms with van der Waals surface area (Å²) >= 11 is 0. The van der Waals surface area contributed by atoms with Gasteiger partial charge in [0.15, 0.2) is 0 Å². The van der Waals surface area contributed by atoms with Gasteiger partial charge in [-0.2, -0.15) is 4.98 Å². The van der Waals surface area contributed by atoms with Crippen LogP contribution < -0.4 is 10.6 Å². The minimum absolute atomic E-state index is 0.622. The molecule has 0 aliphatic heterocycles. The van der Waals surface area contributed by atoms with Gasteiger partial charge < -0.3 is 10.6 Å². The molecule has 0 saturated heterocycles. The topological polar surface area (TPSA) is 49.8 Å². The van der Waals surface area contributed by atoms with Crippen molar-refractivity contribution in [2.24, 2.45) is 0 Å². The molecule has 2 N–H and O–H groups in total. The second-order valence-corrected chi connectivity index (χ2v) is 4.73. The second-order valence-electron chi connectivity index (χ2n) is 4.73. The van der Waals surface area contributed by atoms with Crippen LogP contribution in [0, 0.1) is 13.8 Å². The highest BCUT2D eigenvalue weighted by Gasteiger charge is 2.01. The number of aryl methyl sites for hydroxylation is 2. The average molecular weight is 268 g/mol. The van der Waals surface area contributed by atoms with Crippen LogP contribution in [-0.4, -0.2) is 16.5 Å². The van der Waals surface area contributed by atoms with E-state index in [1.54, 1.807) is 6.08 Å². The Morgan fingerprint density at radius 3 is 2.75 bits per heavy atom. The molecule has 1 aromatic carbocycles. The smallest absolute Gasteiger partial charge is 0.225 e. The molecule has 0 aliphatic carbocycles. The molecule has 4 nitrogen and oxygen atoms in total. The van der Waals surface area contributed by atoms with Crippen molar-refractivity contribution in [2.75, 3.05) is 17.2 Å². The third-order valence-electron chi connectivity index (χ3n) is 2.81. The van der Waals surface area contributed by atoms with Crippen molar-refractivity contribution in [3.63, 3.8) is 0 Å². The van der Waals surface area contributed by atoms with Crippen molar-refractivity contribution < 1.29 is 0 Å². The normalized spacial score (nSPS) is 10.1. The molecule has 0 atom stereocenters. The van der Waals surface area contributed by atoms with E-state index in [2.05, 4.69) is 58.4 Å². The van der Waals surface area contributed by atoms with Crippen LogP contribution in [0.25, 0.3) is 0 Å². The predicted octanol–water partition coefficient (Wildman–Crippen LogP) is 3.30. The summed E-state index contributed by atoms with van der Waals surface area (Å²) < 4.78 is 0. The van der Waals surface area contributed by atoms with Gasteiger partial charge in [0.25, 0.3) is 0 Å². The van der Waals surface area contributed by atoms with Gasteiger partial charge in [-0.05, 0) is 19.4 Å². The average Bonchev–Trinajstić information content (AvgIpc) is 2.42. The molecule has 0 spiro atoms. The molecule has 104 valence electrons. The van der Waals surface area contributed by atoms with Crippen LogP contribution in [0.15, 0.2) is 43.0 Å². The van der Waals surface area contributed by atoms with Gasteiger partial charge in [0.05, 0.1) is 0 Å².